The van der Waals surface area contributed by atoms with Gasteiger partial charge in [0.1, 0.15) is 0 Å². The van der Waals surface area contributed by atoms with Crippen LogP contribution in [0.4, 0.5) is 17.6 Å². The van der Waals surface area contributed by atoms with Crippen LogP contribution in [0.3, 0.4) is 0 Å². The summed E-state index contributed by atoms with van der Waals surface area (Å²) in [5, 5.41) is 0. The molecule has 0 saturated carbocycles. The minimum Gasteiger partial charge on any atom is -0.241 e. The highest BCUT2D eigenvalue weighted by Gasteiger charge is 2.26. The van der Waals surface area contributed by atoms with E-state index in [0.717, 1.165) is 0 Å². The summed E-state index contributed by atoms with van der Waals surface area (Å²) in [6.45, 7) is -2.23. The molecule has 0 aliphatic carbocycles. The van der Waals surface area contributed by atoms with Crippen molar-refractivity contribution in [3.63, 3.8) is 0 Å². The lowest BCUT2D eigenvalue weighted by Gasteiger charge is -1.93. The summed E-state index contributed by atoms with van der Waals surface area (Å²) in [5.41, 5.74) is 0. The Balaban J connectivity index is 0. The Hall–Kier alpha value is -0.280. The molecule has 0 nitrogen and oxygen atoms in total. The van der Waals surface area contributed by atoms with Crippen molar-refractivity contribution in [2.75, 3.05) is 6.67 Å². The van der Waals surface area contributed by atoms with E-state index in [0.29, 0.717) is 0 Å². The van der Waals surface area contributed by atoms with Gasteiger partial charge < -0.3 is 0 Å². The normalized spacial score (nSPS) is 10.3. The van der Waals surface area contributed by atoms with Crippen LogP contribution in [-0.2, 0) is 0 Å². The molecular weight excluding hydrogens is 112 g/mol. The van der Waals surface area contributed by atoms with Crippen LogP contribution in [0.25, 0.3) is 0 Å². The second kappa shape index (κ2) is 2.82. The summed E-state index contributed by atoms with van der Waals surface area (Å²) in [4.78, 5) is 0. The largest absolute Gasteiger partial charge is 0.416 e. The van der Waals surface area contributed by atoms with Gasteiger partial charge in [0, 0.05) is 0 Å². The fourth-order valence-electron chi connectivity index (χ4n) is 0. The van der Waals surface area contributed by atoms with Crippen molar-refractivity contribution in [2.45, 2.75) is 13.6 Å². The van der Waals surface area contributed by atoms with Crippen molar-refractivity contribution in [3.05, 3.63) is 0 Å². The van der Waals surface area contributed by atoms with Gasteiger partial charge in [0.25, 0.3) is 0 Å². The summed E-state index contributed by atoms with van der Waals surface area (Å²) in [6.07, 6.45) is -4.62. The van der Waals surface area contributed by atoms with Gasteiger partial charge in [-0.05, 0) is 0 Å². The van der Waals surface area contributed by atoms with Crippen molar-refractivity contribution in [1.82, 2.24) is 0 Å². The predicted molar refractivity (Wildman–Crippen MR) is 18.8 cm³/mol. The molecule has 0 aromatic carbocycles. The molecular formula is C3H6F4. The molecule has 0 aliphatic heterocycles. The fourth-order valence-corrected chi connectivity index (χ4v) is 0. The standard InChI is InChI=1S/C2H2F4.CH4/c3-1-2(4,5)6;/h1H2;1H4. The van der Waals surface area contributed by atoms with E-state index >= 15 is 0 Å². The van der Waals surface area contributed by atoms with E-state index in [1.165, 1.54) is 0 Å². The van der Waals surface area contributed by atoms with Crippen LogP contribution >= 0.6 is 0 Å². The zero-order chi connectivity index (χ0) is 5.21. The Morgan fingerprint density at radius 1 is 1.14 bits per heavy atom. The Morgan fingerprint density at radius 2 is 1.29 bits per heavy atom. The third kappa shape index (κ3) is 10.7. The van der Waals surface area contributed by atoms with E-state index < -0.39 is 12.9 Å². The first-order valence-electron chi connectivity index (χ1n) is 1.19. The smallest absolute Gasteiger partial charge is 0.241 e. The molecule has 0 radical (unpaired) electrons. The first kappa shape index (κ1) is 9.87. The highest BCUT2D eigenvalue weighted by Crippen LogP contribution is 2.13. The molecule has 0 fully saturated rings. The number of halogens is 4. The van der Waals surface area contributed by atoms with Gasteiger partial charge in [-0.1, -0.05) is 7.43 Å². The maximum absolute atomic E-state index is 10.4. The second-order valence-corrected chi connectivity index (χ2v) is 0.749. The van der Waals surface area contributed by atoms with E-state index in [4.69, 9.17) is 0 Å². The molecule has 0 saturated heterocycles. The zero-order valence-electron chi connectivity index (χ0n) is 2.72. The Morgan fingerprint density at radius 3 is 1.29 bits per heavy atom. The monoisotopic (exact) mass is 118 g/mol. The molecule has 0 aliphatic rings. The van der Waals surface area contributed by atoms with Crippen LogP contribution in [0, 0.1) is 0 Å². The van der Waals surface area contributed by atoms with E-state index in [2.05, 4.69) is 0 Å². The quantitative estimate of drug-likeness (QED) is 0.427. The highest BCUT2D eigenvalue weighted by atomic mass is 19.4. The molecule has 7 heavy (non-hydrogen) atoms. The van der Waals surface area contributed by atoms with E-state index in [1.54, 1.807) is 0 Å². The van der Waals surface area contributed by atoms with Crippen LogP contribution in [0.1, 0.15) is 7.43 Å². The summed E-state index contributed by atoms with van der Waals surface area (Å²) in [5.74, 6) is 0. The number of hydrogen-bond donors (Lipinski definition) is 0. The van der Waals surface area contributed by atoms with Gasteiger partial charge in [-0.2, -0.15) is 13.2 Å². The van der Waals surface area contributed by atoms with Gasteiger partial charge in [0.15, 0.2) is 6.67 Å². The minimum absolute atomic E-state index is 0. The molecule has 0 aromatic rings. The number of rotatable bonds is 0. The van der Waals surface area contributed by atoms with Crippen LogP contribution < -0.4 is 0 Å². The van der Waals surface area contributed by atoms with Crippen molar-refractivity contribution in [2.24, 2.45) is 0 Å². The first-order valence-corrected chi connectivity index (χ1v) is 1.19. The molecule has 4 heteroatoms. The fraction of sp³-hybridized carbons (Fsp3) is 1.00. The number of alkyl halides is 4. The predicted octanol–water partition coefficient (Wildman–Crippen LogP) is 2.15. The molecule has 0 N–H and O–H groups in total. The van der Waals surface area contributed by atoms with Crippen LogP contribution in [-0.4, -0.2) is 12.9 Å². The number of hydrogen-bond acceptors (Lipinski definition) is 0. The van der Waals surface area contributed by atoms with Crippen molar-refractivity contribution < 1.29 is 17.6 Å². The highest BCUT2D eigenvalue weighted by molar-refractivity contribution is 4.39. The molecule has 46 valence electrons. The van der Waals surface area contributed by atoms with E-state index in [-0.39, 0.29) is 7.43 Å². The lowest BCUT2D eigenvalue weighted by molar-refractivity contribution is -0.142. The molecule has 0 spiro atoms. The van der Waals surface area contributed by atoms with Gasteiger partial charge in [-0.15, -0.1) is 0 Å². The Bertz CT molecular complexity index is 36.7. The van der Waals surface area contributed by atoms with Crippen molar-refractivity contribution in [1.29, 1.82) is 0 Å². The maximum Gasteiger partial charge on any atom is 0.416 e. The second-order valence-electron chi connectivity index (χ2n) is 0.749. The SMILES string of the molecule is C.FCC(F)(F)F. The van der Waals surface area contributed by atoms with Gasteiger partial charge in [0.05, 0.1) is 0 Å². The topological polar surface area (TPSA) is 0 Å². The average molecular weight is 118 g/mol. The summed E-state index contributed by atoms with van der Waals surface area (Å²) in [6, 6.07) is 0. The van der Waals surface area contributed by atoms with Crippen LogP contribution in [0.5, 0.6) is 0 Å². The third-order valence-corrected chi connectivity index (χ3v) is 0.152. The molecule has 0 unspecified atom stereocenters. The summed E-state index contributed by atoms with van der Waals surface area (Å²) in [7, 11) is 0. The minimum atomic E-state index is -4.62. The van der Waals surface area contributed by atoms with Crippen molar-refractivity contribution >= 4 is 0 Å². The van der Waals surface area contributed by atoms with Gasteiger partial charge in [0.2, 0.25) is 0 Å². The lowest BCUT2D eigenvalue weighted by atomic mass is 10.8. The summed E-state index contributed by atoms with van der Waals surface area (Å²) >= 11 is 0. The average Bonchev–Trinajstić information content (AvgIpc) is 1.35. The molecule has 0 heterocycles. The molecule has 0 aromatic heterocycles. The van der Waals surface area contributed by atoms with Crippen LogP contribution in [0.15, 0.2) is 0 Å². The summed E-state index contributed by atoms with van der Waals surface area (Å²) < 4.78 is 41.6. The van der Waals surface area contributed by atoms with E-state index in [9.17, 15) is 17.6 Å². The lowest BCUT2D eigenvalue weighted by Crippen LogP contribution is -2.08. The van der Waals surface area contributed by atoms with E-state index in [1.807, 2.05) is 0 Å². The zero-order valence-corrected chi connectivity index (χ0v) is 2.72. The van der Waals surface area contributed by atoms with Gasteiger partial charge in [-0.25, -0.2) is 4.39 Å². The molecule has 0 bridgehead atoms. The molecule has 0 rings (SSSR count). The molecule has 0 atom stereocenters. The van der Waals surface area contributed by atoms with Gasteiger partial charge >= 0.3 is 6.18 Å². The van der Waals surface area contributed by atoms with Crippen molar-refractivity contribution in [3.8, 4) is 0 Å². The maximum atomic E-state index is 10.4. The Kier molecular flexibility index (Phi) is 3.98. The molecule has 0 amide bonds. The van der Waals surface area contributed by atoms with Gasteiger partial charge in [-0.3, -0.25) is 0 Å². The third-order valence-electron chi connectivity index (χ3n) is 0.152. The first-order chi connectivity index (χ1) is 2.56. The Labute approximate surface area is 39.1 Å². The van der Waals surface area contributed by atoms with Crippen LogP contribution in [0.2, 0.25) is 0 Å².